The van der Waals surface area contributed by atoms with Gasteiger partial charge in [-0.3, -0.25) is 0 Å². The molecule has 0 aliphatic rings. The zero-order chi connectivity index (χ0) is 17.3. The normalized spacial score (nSPS) is 13.9. The van der Waals surface area contributed by atoms with Gasteiger partial charge >= 0.3 is 0 Å². The Balaban J connectivity index is 2.47. The summed E-state index contributed by atoms with van der Waals surface area (Å²) in [6, 6.07) is 17.8. The summed E-state index contributed by atoms with van der Waals surface area (Å²) in [5.41, 5.74) is 6.29. The molecule has 0 spiro atoms. The van der Waals surface area contributed by atoms with Crippen LogP contribution in [0.3, 0.4) is 0 Å². The third-order valence-corrected chi connectivity index (χ3v) is 4.60. The lowest BCUT2D eigenvalue weighted by molar-refractivity contribution is 0.522. The molecular formula is C23H32. The van der Waals surface area contributed by atoms with Crippen molar-refractivity contribution in [3.05, 3.63) is 70.8 Å². The molecule has 0 amide bonds. The molecule has 0 nitrogen and oxygen atoms in total. The van der Waals surface area contributed by atoms with E-state index >= 15 is 0 Å². The number of benzene rings is 2. The van der Waals surface area contributed by atoms with Gasteiger partial charge in [0.2, 0.25) is 0 Å². The molecule has 1 atom stereocenters. The fraction of sp³-hybridized carbons (Fsp3) is 0.478. The van der Waals surface area contributed by atoms with Crippen molar-refractivity contribution >= 4 is 0 Å². The average molecular weight is 309 g/mol. The standard InChI is InChI=1S/C23H32/c1-17(18-12-9-8-10-13-18)16-19-14-11-15-20(22(2,3)4)21(19)23(5,6)7/h8-15,17H,16H2,1-7H3. The fourth-order valence-corrected chi connectivity index (χ4v) is 3.51. The maximum atomic E-state index is 2.34. The number of hydrogen-bond donors (Lipinski definition) is 0. The van der Waals surface area contributed by atoms with Gasteiger partial charge in [0, 0.05) is 0 Å². The fourth-order valence-electron chi connectivity index (χ4n) is 3.51. The topological polar surface area (TPSA) is 0 Å². The summed E-state index contributed by atoms with van der Waals surface area (Å²) in [6.45, 7) is 16.3. The molecule has 0 fully saturated rings. The Morgan fingerprint density at radius 3 is 1.87 bits per heavy atom. The second-order valence-electron chi connectivity index (χ2n) is 8.86. The predicted molar refractivity (Wildman–Crippen MR) is 102 cm³/mol. The van der Waals surface area contributed by atoms with Crippen LogP contribution in [0, 0.1) is 0 Å². The number of hydrogen-bond acceptors (Lipinski definition) is 0. The lowest BCUT2D eigenvalue weighted by Gasteiger charge is -2.33. The van der Waals surface area contributed by atoms with Crippen LogP contribution in [0.5, 0.6) is 0 Å². The van der Waals surface area contributed by atoms with Crippen molar-refractivity contribution in [2.75, 3.05) is 0 Å². The van der Waals surface area contributed by atoms with Crippen molar-refractivity contribution in [1.29, 1.82) is 0 Å². The Morgan fingerprint density at radius 2 is 1.35 bits per heavy atom. The second kappa shape index (κ2) is 6.51. The molecule has 124 valence electrons. The minimum Gasteiger partial charge on any atom is -0.0622 e. The Morgan fingerprint density at radius 1 is 0.739 bits per heavy atom. The molecule has 2 aromatic rings. The quantitative estimate of drug-likeness (QED) is 0.597. The van der Waals surface area contributed by atoms with Crippen LogP contribution in [0.15, 0.2) is 48.5 Å². The van der Waals surface area contributed by atoms with Gasteiger partial charge in [-0.05, 0) is 45.4 Å². The summed E-state index contributed by atoms with van der Waals surface area (Å²) in [6.07, 6.45) is 1.10. The maximum absolute atomic E-state index is 2.34. The van der Waals surface area contributed by atoms with Crippen LogP contribution in [-0.2, 0) is 17.3 Å². The molecule has 1 unspecified atom stereocenters. The van der Waals surface area contributed by atoms with E-state index in [2.05, 4.69) is 97.0 Å². The van der Waals surface area contributed by atoms with Gasteiger partial charge in [-0.1, -0.05) is 97.0 Å². The molecule has 0 aliphatic carbocycles. The van der Waals surface area contributed by atoms with E-state index in [1.165, 1.54) is 22.3 Å². The third kappa shape index (κ3) is 4.25. The summed E-state index contributed by atoms with van der Waals surface area (Å²) in [5, 5.41) is 0. The monoisotopic (exact) mass is 308 g/mol. The van der Waals surface area contributed by atoms with E-state index in [4.69, 9.17) is 0 Å². The van der Waals surface area contributed by atoms with E-state index in [0.29, 0.717) is 5.92 Å². The first kappa shape index (κ1) is 17.8. The van der Waals surface area contributed by atoms with Crippen LogP contribution in [-0.4, -0.2) is 0 Å². The molecule has 0 aromatic heterocycles. The van der Waals surface area contributed by atoms with Gasteiger partial charge in [0.25, 0.3) is 0 Å². The molecule has 0 bridgehead atoms. The number of rotatable bonds is 3. The van der Waals surface area contributed by atoms with E-state index in [0.717, 1.165) is 6.42 Å². The van der Waals surface area contributed by atoms with Crippen LogP contribution >= 0.6 is 0 Å². The highest BCUT2D eigenvalue weighted by molar-refractivity contribution is 5.44. The molecule has 2 rings (SSSR count). The first-order chi connectivity index (χ1) is 10.6. The molecular weight excluding hydrogens is 276 g/mol. The first-order valence-electron chi connectivity index (χ1n) is 8.78. The lowest BCUT2D eigenvalue weighted by Crippen LogP contribution is -2.24. The van der Waals surface area contributed by atoms with Crippen molar-refractivity contribution in [1.82, 2.24) is 0 Å². The van der Waals surface area contributed by atoms with Crippen LogP contribution in [0.1, 0.15) is 76.6 Å². The van der Waals surface area contributed by atoms with E-state index in [9.17, 15) is 0 Å². The molecule has 0 aliphatic heterocycles. The maximum Gasteiger partial charge on any atom is -0.0126 e. The van der Waals surface area contributed by atoms with E-state index in [-0.39, 0.29) is 10.8 Å². The van der Waals surface area contributed by atoms with E-state index in [1.54, 1.807) is 0 Å². The van der Waals surface area contributed by atoms with Gasteiger partial charge in [-0.15, -0.1) is 0 Å². The third-order valence-electron chi connectivity index (χ3n) is 4.60. The summed E-state index contributed by atoms with van der Waals surface area (Å²) in [4.78, 5) is 0. The van der Waals surface area contributed by atoms with Crippen LogP contribution in [0.2, 0.25) is 0 Å². The van der Waals surface area contributed by atoms with Crippen molar-refractivity contribution < 1.29 is 0 Å². The van der Waals surface area contributed by atoms with Gasteiger partial charge < -0.3 is 0 Å². The molecule has 0 heterocycles. The van der Waals surface area contributed by atoms with Crippen molar-refractivity contribution in [3.8, 4) is 0 Å². The minimum atomic E-state index is 0.162. The molecule has 0 N–H and O–H groups in total. The molecule has 0 saturated carbocycles. The largest absolute Gasteiger partial charge is 0.0622 e. The molecule has 23 heavy (non-hydrogen) atoms. The van der Waals surface area contributed by atoms with Crippen LogP contribution in [0.4, 0.5) is 0 Å². The van der Waals surface area contributed by atoms with Crippen molar-refractivity contribution in [2.45, 2.75) is 71.6 Å². The Bertz CT molecular complexity index is 636. The highest BCUT2D eigenvalue weighted by Crippen LogP contribution is 2.37. The summed E-state index contributed by atoms with van der Waals surface area (Å²) in [5.74, 6) is 0.535. The smallest absolute Gasteiger partial charge is 0.0126 e. The van der Waals surface area contributed by atoms with Crippen molar-refractivity contribution in [3.63, 3.8) is 0 Å². The molecule has 0 heteroatoms. The molecule has 0 radical (unpaired) electrons. The van der Waals surface area contributed by atoms with Crippen LogP contribution in [0.25, 0.3) is 0 Å². The van der Waals surface area contributed by atoms with E-state index in [1.807, 2.05) is 0 Å². The lowest BCUT2D eigenvalue weighted by atomic mass is 9.72. The average Bonchev–Trinajstić information content (AvgIpc) is 2.46. The predicted octanol–water partition coefficient (Wildman–Crippen LogP) is 6.63. The van der Waals surface area contributed by atoms with Gasteiger partial charge in [-0.25, -0.2) is 0 Å². The zero-order valence-corrected chi connectivity index (χ0v) is 15.9. The van der Waals surface area contributed by atoms with Crippen LogP contribution < -0.4 is 0 Å². The minimum absolute atomic E-state index is 0.162. The summed E-state index contributed by atoms with van der Waals surface area (Å²) >= 11 is 0. The summed E-state index contributed by atoms with van der Waals surface area (Å²) in [7, 11) is 0. The Hall–Kier alpha value is -1.56. The Labute approximate surface area is 143 Å². The first-order valence-corrected chi connectivity index (χ1v) is 8.78. The van der Waals surface area contributed by atoms with Gasteiger partial charge in [0.1, 0.15) is 0 Å². The van der Waals surface area contributed by atoms with E-state index < -0.39 is 0 Å². The van der Waals surface area contributed by atoms with Gasteiger partial charge in [-0.2, -0.15) is 0 Å². The zero-order valence-electron chi connectivity index (χ0n) is 15.9. The SMILES string of the molecule is CC(Cc1cccc(C(C)(C)C)c1C(C)(C)C)c1ccccc1. The molecule has 2 aromatic carbocycles. The summed E-state index contributed by atoms with van der Waals surface area (Å²) < 4.78 is 0. The Kier molecular flexibility index (Phi) is 5.04. The second-order valence-corrected chi connectivity index (χ2v) is 8.86. The van der Waals surface area contributed by atoms with Gasteiger partial charge in [0.05, 0.1) is 0 Å². The highest BCUT2D eigenvalue weighted by atomic mass is 14.3. The highest BCUT2D eigenvalue weighted by Gasteiger charge is 2.27. The van der Waals surface area contributed by atoms with Gasteiger partial charge in [0.15, 0.2) is 0 Å². The van der Waals surface area contributed by atoms with Crippen molar-refractivity contribution in [2.24, 2.45) is 0 Å². The molecule has 0 saturated heterocycles.